The summed E-state index contributed by atoms with van der Waals surface area (Å²) in [6.07, 6.45) is 3.29. The lowest BCUT2D eigenvalue weighted by Gasteiger charge is -2.37. The fourth-order valence-electron chi connectivity index (χ4n) is 5.47. The van der Waals surface area contributed by atoms with Crippen LogP contribution >= 0.6 is 11.3 Å². The summed E-state index contributed by atoms with van der Waals surface area (Å²) in [6, 6.07) is 0.177. The van der Waals surface area contributed by atoms with Gasteiger partial charge < -0.3 is 0 Å². The fourth-order valence-corrected chi connectivity index (χ4v) is 8.90. The molecule has 1 saturated heterocycles. The highest BCUT2D eigenvalue weighted by molar-refractivity contribution is 7.89. The molecule has 0 aromatic carbocycles. The normalized spacial score (nSPS) is 37.0. The molecular weight excluding hydrogens is 340 g/mol. The van der Waals surface area contributed by atoms with Gasteiger partial charge in [-0.25, -0.2) is 13.4 Å². The van der Waals surface area contributed by atoms with Crippen molar-refractivity contribution < 1.29 is 8.42 Å². The van der Waals surface area contributed by atoms with Crippen LogP contribution in [-0.2, 0) is 22.0 Å². The zero-order valence-corrected chi connectivity index (χ0v) is 16.9. The SMILES string of the molecule is CC(C)(C)c1nc(CN2[C@H]3C[C@H]4CCC3(CS2(=O)=O)C4(C)C)cs1. The van der Waals surface area contributed by atoms with Crippen LogP contribution in [0, 0.1) is 16.7 Å². The first-order valence-corrected chi connectivity index (χ1v) is 11.4. The van der Waals surface area contributed by atoms with E-state index in [4.69, 9.17) is 4.98 Å². The van der Waals surface area contributed by atoms with E-state index < -0.39 is 10.0 Å². The van der Waals surface area contributed by atoms with Crippen molar-refractivity contribution >= 4 is 21.4 Å². The Kier molecular flexibility index (Phi) is 3.42. The zero-order chi connectivity index (χ0) is 17.5. The topological polar surface area (TPSA) is 50.3 Å². The maximum Gasteiger partial charge on any atom is 0.215 e. The van der Waals surface area contributed by atoms with Gasteiger partial charge in [-0.15, -0.1) is 11.3 Å². The number of hydrogen-bond donors (Lipinski definition) is 0. The second kappa shape index (κ2) is 4.83. The largest absolute Gasteiger partial charge is 0.244 e. The van der Waals surface area contributed by atoms with Crippen LogP contribution in [0.4, 0.5) is 0 Å². The molecule has 24 heavy (non-hydrogen) atoms. The molecule has 0 radical (unpaired) electrons. The smallest absolute Gasteiger partial charge is 0.215 e. The van der Waals surface area contributed by atoms with E-state index in [-0.39, 0.29) is 22.3 Å². The lowest BCUT2D eigenvalue weighted by molar-refractivity contribution is 0.112. The minimum atomic E-state index is -3.19. The summed E-state index contributed by atoms with van der Waals surface area (Å²) in [5.74, 6) is 1.01. The number of nitrogens with zero attached hydrogens (tertiary/aromatic N) is 2. The van der Waals surface area contributed by atoms with Crippen LogP contribution in [0.2, 0.25) is 0 Å². The van der Waals surface area contributed by atoms with Crippen LogP contribution in [0.1, 0.15) is 64.6 Å². The van der Waals surface area contributed by atoms with Crippen molar-refractivity contribution in [2.24, 2.45) is 16.7 Å². The first-order valence-electron chi connectivity index (χ1n) is 8.92. The van der Waals surface area contributed by atoms with E-state index >= 15 is 0 Å². The van der Waals surface area contributed by atoms with E-state index in [0.29, 0.717) is 18.2 Å². The molecule has 4 rings (SSSR count). The Morgan fingerprint density at radius 3 is 2.67 bits per heavy atom. The number of rotatable bonds is 2. The monoisotopic (exact) mass is 368 g/mol. The van der Waals surface area contributed by atoms with E-state index in [1.807, 2.05) is 5.38 Å². The van der Waals surface area contributed by atoms with Gasteiger partial charge in [-0.1, -0.05) is 34.6 Å². The molecule has 3 fully saturated rings. The van der Waals surface area contributed by atoms with Gasteiger partial charge in [0, 0.05) is 22.3 Å². The maximum atomic E-state index is 13.0. The number of fused-ring (bicyclic) bond motifs is 1. The molecule has 1 aromatic rings. The Morgan fingerprint density at radius 2 is 2.08 bits per heavy atom. The molecule has 3 atom stereocenters. The van der Waals surface area contributed by atoms with Gasteiger partial charge in [-0.3, -0.25) is 0 Å². The second-order valence-corrected chi connectivity index (χ2v) is 12.3. The summed E-state index contributed by atoms with van der Waals surface area (Å²) in [4.78, 5) is 4.73. The Labute approximate surface area is 149 Å². The molecule has 2 saturated carbocycles. The van der Waals surface area contributed by atoms with Crippen molar-refractivity contribution in [3.63, 3.8) is 0 Å². The third-order valence-corrected chi connectivity index (χ3v) is 10.3. The first-order chi connectivity index (χ1) is 11.0. The zero-order valence-electron chi connectivity index (χ0n) is 15.3. The Balaban J connectivity index is 1.66. The predicted molar refractivity (Wildman–Crippen MR) is 97.5 cm³/mol. The number of aromatic nitrogens is 1. The van der Waals surface area contributed by atoms with Crippen LogP contribution in [0.5, 0.6) is 0 Å². The van der Waals surface area contributed by atoms with Crippen molar-refractivity contribution in [1.29, 1.82) is 0 Å². The molecule has 2 bridgehead atoms. The first kappa shape index (κ1) is 17.0. The van der Waals surface area contributed by atoms with E-state index in [1.54, 1.807) is 15.6 Å². The van der Waals surface area contributed by atoms with E-state index in [0.717, 1.165) is 23.5 Å². The highest BCUT2D eigenvalue weighted by atomic mass is 32.2. The van der Waals surface area contributed by atoms with Crippen LogP contribution < -0.4 is 0 Å². The molecule has 4 nitrogen and oxygen atoms in total. The summed E-state index contributed by atoms with van der Waals surface area (Å²) in [6.45, 7) is 11.5. The molecule has 1 unspecified atom stereocenters. The number of thiazole rings is 1. The minimum absolute atomic E-state index is 0.0163. The van der Waals surface area contributed by atoms with Crippen LogP contribution in [0.25, 0.3) is 0 Å². The Hall–Kier alpha value is -0.460. The lowest BCUT2D eigenvalue weighted by atomic mass is 9.69. The van der Waals surface area contributed by atoms with Gasteiger partial charge in [0.1, 0.15) is 0 Å². The van der Waals surface area contributed by atoms with E-state index in [2.05, 4.69) is 34.6 Å². The van der Waals surface area contributed by atoms with Crippen molar-refractivity contribution in [3.8, 4) is 0 Å². The Morgan fingerprint density at radius 1 is 1.38 bits per heavy atom. The summed E-state index contributed by atoms with van der Waals surface area (Å²) >= 11 is 1.65. The number of sulfonamides is 1. The highest BCUT2D eigenvalue weighted by Gasteiger charge is 2.71. The van der Waals surface area contributed by atoms with E-state index in [1.165, 1.54) is 6.42 Å². The standard InChI is InChI=1S/C18H28N2O2S2/c1-16(2,3)15-19-13(10-23-15)9-20-14-8-12-6-7-18(14,17(12,4)5)11-24(20,21)22/h10,12,14H,6-9,11H2,1-5H3/t12-,14+,18?/m1/s1. The minimum Gasteiger partial charge on any atom is -0.244 e. The number of hydrogen-bond acceptors (Lipinski definition) is 4. The maximum absolute atomic E-state index is 13.0. The van der Waals surface area contributed by atoms with Gasteiger partial charge >= 0.3 is 0 Å². The summed E-state index contributed by atoms with van der Waals surface area (Å²) in [7, 11) is -3.19. The average Bonchev–Trinajstić information content (AvgIpc) is 3.10. The average molecular weight is 369 g/mol. The van der Waals surface area contributed by atoms with Crippen molar-refractivity contribution in [3.05, 3.63) is 16.1 Å². The van der Waals surface area contributed by atoms with Crippen LogP contribution in [-0.4, -0.2) is 29.5 Å². The van der Waals surface area contributed by atoms with Crippen molar-refractivity contribution in [2.75, 3.05) is 5.75 Å². The van der Waals surface area contributed by atoms with Crippen molar-refractivity contribution in [2.45, 2.75) is 71.9 Å². The van der Waals surface area contributed by atoms with Gasteiger partial charge in [-0.05, 0) is 30.6 Å². The van der Waals surface area contributed by atoms with E-state index in [9.17, 15) is 8.42 Å². The molecule has 6 heteroatoms. The van der Waals surface area contributed by atoms with Gasteiger partial charge in [-0.2, -0.15) is 4.31 Å². The van der Waals surface area contributed by atoms with Crippen molar-refractivity contribution in [1.82, 2.24) is 9.29 Å². The van der Waals surface area contributed by atoms with Gasteiger partial charge in [0.25, 0.3) is 0 Å². The van der Waals surface area contributed by atoms with Gasteiger partial charge in [0.15, 0.2) is 0 Å². The third-order valence-electron chi connectivity index (χ3n) is 7.04. The quantitative estimate of drug-likeness (QED) is 0.798. The van der Waals surface area contributed by atoms with Gasteiger partial charge in [0.2, 0.25) is 10.0 Å². The predicted octanol–water partition coefficient (Wildman–Crippen LogP) is 3.78. The summed E-state index contributed by atoms with van der Waals surface area (Å²) in [5, 5.41) is 3.12. The molecule has 1 spiro atoms. The highest BCUT2D eigenvalue weighted by Crippen LogP contribution is 2.70. The molecule has 2 aliphatic carbocycles. The molecule has 0 N–H and O–H groups in total. The fraction of sp³-hybridized carbons (Fsp3) is 0.833. The molecular formula is C18H28N2O2S2. The third kappa shape index (κ3) is 2.12. The van der Waals surface area contributed by atoms with Crippen LogP contribution in [0.15, 0.2) is 5.38 Å². The summed E-state index contributed by atoms with van der Waals surface area (Å²) < 4.78 is 27.7. The van der Waals surface area contributed by atoms with Crippen LogP contribution in [0.3, 0.4) is 0 Å². The van der Waals surface area contributed by atoms with Gasteiger partial charge in [0.05, 0.1) is 23.0 Å². The molecule has 3 aliphatic rings. The summed E-state index contributed by atoms with van der Waals surface area (Å²) in [5.41, 5.74) is 1.02. The molecule has 1 aliphatic heterocycles. The molecule has 2 heterocycles. The lowest BCUT2D eigenvalue weighted by Crippen LogP contribution is -2.41. The Bertz CT molecular complexity index is 775. The second-order valence-electron chi connectivity index (χ2n) is 9.56. The molecule has 1 aromatic heterocycles. The molecule has 0 amide bonds. The molecule has 134 valence electrons.